The summed E-state index contributed by atoms with van der Waals surface area (Å²) in [5.74, 6) is -0.940. The summed E-state index contributed by atoms with van der Waals surface area (Å²) in [7, 11) is 0. The molecule has 1 fully saturated rings. The molecule has 0 atom stereocenters. The number of carboxylic acids is 1. The molecule has 1 aliphatic heterocycles. The Bertz CT molecular complexity index is 459. The van der Waals surface area contributed by atoms with Crippen molar-refractivity contribution in [1.29, 1.82) is 0 Å². The van der Waals surface area contributed by atoms with Crippen molar-refractivity contribution in [2.45, 2.75) is 31.3 Å². The maximum absolute atomic E-state index is 10.9. The van der Waals surface area contributed by atoms with Crippen molar-refractivity contribution >= 4 is 21.9 Å². The normalized spacial score (nSPS) is 19.1. The molecule has 5 nitrogen and oxygen atoms in total. The molecular weight excluding hydrogens is 324 g/mol. The van der Waals surface area contributed by atoms with Crippen LogP contribution in [0.2, 0.25) is 0 Å². The molecule has 6 heteroatoms. The number of pyridine rings is 1. The van der Waals surface area contributed by atoms with E-state index >= 15 is 0 Å². The van der Waals surface area contributed by atoms with Gasteiger partial charge in [0.2, 0.25) is 0 Å². The zero-order chi connectivity index (χ0) is 14.4. The third-order valence-corrected chi connectivity index (χ3v) is 4.22. The third kappa shape index (κ3) is 3.77. The Labute approximate surface area is 126 Å². The van der Waals surface area contributed by atoms with E-state index in [1.54, 1.807) is 6.20 Å². The minimum Gasteiger partial charge on any atom is -0.480 e. The van der Waals surface area contributed by atoms with Crippen molar-refractivity contribution in [3.8, 4) is 0 Å². The van der Waals surface area contributed by atoms with Gasteiger partial charge in [-0.05, 0) is 60.8 Å². The van der Waals surface area contributed by atoms with E-state index in [0.29, 0.717) is 0 Å². The fourth-order valence-electron chi connectivity index (χ4n) is 2.67. The highest BCUT2D eigenvalue weighted by Gasteiger charge is 2.35. The number of carboxylic acid groups (broad SMARTS) is 1. The molecule has 2 rings (SSSR count). The van der Waals surface area contributed by atoms with E-state index in [-0.39, 0.29) is 6.61 Å². The van der Waals surface area contributed by atoms with Crippen LogP contribution in [0.15, 0.2) is 22.9 Å². The Morgan fingerprint density at radius 3 is 2.75 bits per heavy atom. The second-order valence-electron chi connectivity index (χ2n) is 4.98. The molecule has 0 aromatic carbocycles. The van der Waals surface area contributed by atoms with Gasteiger partial charge in [-0.15, -0.1) is 0 Å². The summed E-state index contributed by atoms with van der Waals surface area (Å²) >= 11 is 3.46. The van der Waals surface area contributed by atoms with Crippen LogP contribution in [0.4, 0.5) is 0 Å². The first kappa shape index (κ1) is 15.4. The van der Waals surface area contributed by atoms with Gasteiger partial charge in [-0.3, -0.25) is 0 Å². The van der Waals surface area contributed by atoms with E-state index in [4.69, 9.17) is 9.84 Å². The highest BCUT2D eigenvalue weighted by molar-refractivity contribution is 9.10. The van der Waals surface area contributed by atoms with Gasteiger partial charge in [-0.25, -0.2) is 9.78 Å². The number of carbonyl (C=O) groups is 1. The molecule has 0 spiro atoms. The largest absolute Gasteiger partial charge is 0.480 e. The lowest BCUT2D eigenvalue weighted by Crippen LogP contribution is -2.36. The lowest BCUT2D eigenvalue weighted by molar-refractivity contribution is -0.152. The molecule has 2 N–H and O–H groups in total. The molecule has 1 saturated heterocycles. The summed E-state index contributed by atoms with van der Waals surface area (Å²) in [6.07, 6.45) is 5.18. The summed E-state index contributed by atoms with van der Waals surface area (Å²) in [6.45, 7) is 1.57. The molecule has 110 valence electrons. The second kappa shape index (κ2) is 7.15. The van der Waals surface area contributed by atoms with Crippen LogP contribution in [0, 0.1) is 0 Å². The minimum atomic E-state index is -0.940. The Balaban J connectivity index is 2.30. The number of hydrogen-bond acceptors (Lipinski definition) is 4. The van der Waals surface area contributed by atoms with Gasteiger partial charge in [-0.1, -0.05) is 6.07 Å². The molecule has 0 aliphatic carbocycles. The Kier molecular flexibility index (Phi) is 5.51. The first-order chi connectivity index (χ1) is 9.64. The smallest absolute Gasteiger partial charge is 0.329 e. The average molecular weight is 343 g/mol. The van der Waals surface area contributed by atoms with Gasteiger partial charge < -0.3 is 15.2 Å². The Morgan fingerprint density at radius 1 is 1.45 bits per heavy atom. The van der Waals surface area contributed by atoms with Gasteiger partial charge >= 0.3 is 5.97 Å². The van der Waals surface area contributed by atoms with Crippen molar-refractivity contribution in [3.05, 3.63) is 28.5 Å². The zero-order valence-electron chi connectivity index (χ0n) is 11.3. The van der Waals surface area contributed by atoms with Crippen LogP contribution >= 0.6 is 15.9 Å². The van der Waals surface area contributed by atoms with Crippen LogP contribution in [0.1, 0.15) is 31.2 Å². The summed E-state index contributed by atoms with van der Waals surface area (Å²) in [5, 5.41) is 12.3. The predicted octanol–water partition coefficient (Wildman–Crippen LogP) is 2.30. The van der Waals surface area contributed by atoms with Crippen LogP contribution in [0.25, 0.3) is 0 Å². The van der Waals surface area contributed by atoms with E-state index in [0.717, 1.165) is 48.9 Å². The van der Waals surface area contributed by atoms with Crippen LogP contribution in [-0.4, -0.2) is 35.8 Å². The SMILES string of the molecule is O=C(O)COC1(c2cccnc2Br)CCCNCCC1. The fourth-order valence-corrected chi connectivity index (χ4v) is 3.28. The van der Waals surface area contributed by atoms with Crippen LogP contribution in [-0.2, 0) is 15.1 Å². The first-order valence-electron chi connectivity index (χ1n) is 6.81. The van der Waals surface area contributed by atoms with E-state index in [9.17, 15) is 4.79 Å². The molecule has 0 unspecified atom stereocenters. The molecule has 0 amide bonds. The Morgan fingerprint density at radius 2 is 2.15 bits per heavy atom. The van der Waals surface area contributed by atoms with Gasteiger partial charge in [0, 0.05) is 11.8 Å². The van der Waals surface area contributed by atoms with Crippen LogP contribution in [0.5, 0.6) is 0 Å². The maximum atomic E-state index is 10.9. The highest BCUT2D eigenvalue weighted by Crippen LogP contribution is 2.39. The number of ether oxygens (including phenoxy) is 1. The lowest BCUT2D eigenvalue weighted by atomic mass is 9.84. The van der Waals surface area contributed by atoms with Crippen LogP contribution in [0.3, 0.4) is 0 Å². The van der Waals surface area contributed by atoms with Crippen molar-refractivity contribution in [2.24, 2.45) is 0 Å². The summed E-state index contributed by atoms with van der Waals surface area (Å²) in [5.41, 5.74) is 0.385. The summed E-state index contributed by atoms with van der Waals surface area (Å²) in [4.78, 5) is 15.1. The minimum absolute atomic E-state index is 0.283. The van der Waals surface area contributed by atoms with E-state index in [1.165, 1.54) is 0 Å². The van der Waals surface area contributed by atoms with Gasteiger partial charge in [0.05, 0.1) is 5.60 Å². The lowest BCUT2D eigenvalue weighted by Gasteiger charge is -2.36. The fraction of sp³-hybridized carbons (Fsp3) is 0.571. The molecule has 20 heavy (non-hydrogen) atoms. The number of nitrogens with zero attached hydrogens (tertiary/aromatic N) is 1. The van der Waals surface area contributed by atoms with Gasteiger partial charge in [0.15, 0.2) is 0 Å². The number of aromatic nitrogens is 1. The third-order valence-electron chi connectivity index (χ3n) is 3.59. The topological polar surface area (TPSA) is 71.5 Å². The van der Waals surface area contributed by atoms with Gasteiger partial charge in [0.1, 0.15) is 11.2 Å². The molecule has 1 aromatic rings. The molecule has 1 aromatic heterocycles. The maximum Gasteiger partial charge on any atom is 0.329 e. The standard InChI is InChI=1S/C14H19BrN2O3/c15-13-11(4-1-9-17-13)14(20-10-12(18)19)5-2-7-16-8-3-6-14/h1,4,9,16H,2-3,5-8,10H2,(H,18,19). The second-order valence-corrected chi connectivity index (χ2v) is 5.73. The van der Waals surface area contributed by atoms with E-state index in [2.05, 4.69) is 26.2 Å². The number of nitrogens with one attached hydrogen (secondary N) is 1. The number of aliphatic carboxylic acids is 1. The first-order valence-corrected chi connectivity index (χ1v) is 7.61. The number of hydrogen-bond donors (Lipinski definition) is 2. The van der Waals surface area contributed by atoms with Gasteiger partial charge in [-0.2, -0.15) is 0 Å². The molecule has 0 bridgehead atoms. The highest BCUT2D eigenvalue weighted by atomic mass is 79.9. The van der Waals surface area contributed by atoms with Gasteiger partial charge in [0.25, 0.3) is 0 Å². The van der Waals surface area contributed by atoms with E-state index in [1.807, 2.05) is 12.1 Å². The molecule has 2 heterocycles. The van der Waals surface area contributed by atoms with Crippen LogP contribution < -0.4 is 5.32 Å². The average Bonchev–Trinajstić information content (AvgIpc) is 2.39. The predicted molar refractivity (Wildman–Crippen MR) is 78.5 cm³/mol. The van der Waals surface area contributed by atoms with Crippen molar-refractivity contribution in [1.82, 2.24) is 10.3 Å². The quantitative estimate of drug-likeness (QED) is 0.821. The molecular formula is C14H19BrN2O3. The zero-order valence-corrected chi connectivity index (χ0v) is 12.9. The van der Waals surface area contributed by atoms with E-state index < -0.39 is 11.6 Å². The van der Waals surface area contributed by atoms with Crippen molar-refractivity contribution in [2.75, 3.05) is 19.7 Å². The summed E-state index contributed by atoms with van der Waals surface area (Å²) < 4.78 is 6.57. The monoisotopic (exact) mass is 342 g/mol. The van der Waals surface area contributed by atoms with Crippen molar-refractivity contribution < 1.29 is 14.6 Å². The number of rotatable bonds is 4. The molecule has 1 aliphatic rings. The summed E-state index contributed by atoms with van der Waals surface area (Å²) in [6, 6.07) is 3.83. The number of halogens is 1. The molecule has 0 saturated carbocycles. The Hall–Kier alpha value is -0.980. The molecule has 0 radical (unpaired) electrons. The van der Waals surface area contributed by atoms with Crippen molar-refractivity contribution in [3.63, 3.8) is 0 Å².